The fourth-order valence-electron chi connectivity index (χ4n) is 3.86. The molecule has 2 aromatic carbocycles. The fraction of sp³-hybridized carbons (Fsp3) is 0.348. The van der Waals surface area contributed by atoms with E-state index in [1.807, 2.05) is 27.7 Å². The van der Waals surface area contributed by atoms with Crippen LogP contribution in [0.3, 0.4) is 0 Å². The topological polar surface area (TPSA) is 68.6 Å². The molecule has 0 saturated heterocycles. The van der Waals surface area contributed by atoms with Gasteiger partial charge in [0.15, 0.2) is 0 Å². The molecule has 164 valence electrons. The number of hydrogen-bond acceptors (Lipinski definition) is 4. The van der Waals surface area contributed by atoms with E-state index in [0.717, 1.165) is 16.5 Å². The number of benzene rings is 2. The average Bonchev–Trinajstić information content (AvgIpc) is 3.00. The van der Waals surface area contributed by atoms with E-state index in [0.29, 0.717) is 29.2 Å². The van der Waals surface area contributed by atoms with Crippen LogP contribution in [0.4, 0.5) is 4.79 Å². The molecule has 0 radical (unpaired) electrons. The molecule has 3 aromatic rings. The van der Waals surface area contributed by atoms with E-state index in [4.69, 9.17) is 16.3 Å². The number of fused-ring (bicyclic) bond motifs is 3. The molecule has 0 bridgehead atoms. The van der Waals surface area contributed by atoms with Crippen molar-refractivity contribution in [3.05, 3.63) is 64.3 Å². The van der Waals surface area contributed by atoms with Crippen molar-refractivity contribution in [2.75, 3.05) is 6.54 Å². The number of carbonyl (C=O) groups is 1. The third-order valence-corrected chi connectivity index (χ3v) is 7.28. The number of aryl methyl sites for hydroxylation is 1. The predicted octanol–water partition coefficient (Wildman–Crippen LogP) is 5.13. The molecule has 0 aliphatic carbocycles. The number of rotatable bonds is 2. The van der Waals surface area contributed by atoms with Gasteiger partial charge in [0.05, 0.1) is 17.0 Å². The second kappa shape index (κ2) is 7.57. The highest BCUT2D eigenvalue weighted by Gasteiger charge is 2.33. The highest BCUT2D eigenvalue weighted by atomic mass is 35.5. The lowest BCUT2D eigenvalue weighted by Crippen LogP contribution is -2.40. The van der Waals surface area contributed by atoms with Gasteiger partial charge in [0.2, 0.25) is 0 Å². The summed E-state index contributed by atoms with van der Waals surface area (Å²) in [5, 5.41) is 1.24. The second-order valence-electron chi connectivity index (χ2n) is 8.82. The van der Waals surface area contributed by atoms with Crippen molar-refractivity contribution in [2.24, 2.45) is 0 Å². The Morgan fingerprint density at radius 1 is 1.10 bits per heavy atom. The van der Waals surface area contributed by atoms with Crippen LogP contribution in [0, 0.1) is 6.92 Å². The van der Waals surface area contributed by atoms with Crippen LogP contribution >= 0.6 is 11.6 Å². The van der Waals surface area contributed by atoms with Crippen LogP contribution in [0.2, 0.25) is 5.02 Å². The van der Waals surface area contributed by atoms with E-state index in [2.05, 4.69) is 0 Å². The lowest BCUT2D eigenvalue weighted by atomic mass is 10.0. The maximum absolute atomic E-state index is 13.6. The van der Waals surface area contributed by atoms with Crippen molar-refractivity contribution in [3.63, 3.8) is 0 Å². The highest BCUT2D eigenvalue weighted by Crippen LogP contribution is 2.35. The zero-order valence-electron chi connectivity index (χ0n) is 18.0. The molecule has 0 atom stereocenters. The van der Waals surface area contributed by atoms with Gasteiger partial charge in [-0.2, -0.15) is 0 Å². The zero-order valence-corrected chi connectivity index (χ0v) is 19.5. The Hall–Kier alpha value is -2.51. The van der Waals surface area contributed by atoms with Crippen molar-refractivity contribution in [3.8, 4) is 0 Å². The summed E-state index contributed by atoms with van der Waals surface area (Å²) in [5.74, 6) is 0. The van der Waals surface area contributed by atoms with Crippen molar-refractivity contribution >= 4 is 38.6 Å². The first kappa shape index (κ1) is 21.7. The first-order valence-corrected chi connectivity index (χ1v) is 11.9. The minimum absolute atomic E-state index is 0.224. The molecule has 0 saturated carbocycles. The summed E-state index contributed by atoms with van der Waals surface area (Å²) in [5.41, 5.74) is 2.39. The Morgan fingerprint density at radius 3 is 2.42 bits per heavy atom. The van der Waals surface area contributed by atoms with Crippen LogP contribution in [0.25, 0.3) is 10.9 Å². The van der Waals surface area contributed by atoms with E-state index in [9.17, 15) is 13.2 Å². The lowest BCUT2D eigenvalue weighted by Gasteiger charge is -2.30. The Kier molecular flexibility index (Phi) is 5.30. The number of carbonyl (C=O) groups excluding carboxylic acids is 1. The highest BCUT2D eigenvalue weighted by molar-refractivity contribution is 7.90. The summed E-state index contributed by atoms with van der Waals surface area (Å²) in [4.78, 5) is 14.5. The van der Waals surface area contributed by atoms with E-state index in [-0.39, 0.29) is 11.4 Å². The van der Waals surface area contributed by atoms with Crippen LogP contribution in [-0.4, -0.2) is 35.5 Å². The quantitative estimate of drug-likeness (QED) is 0.531. The summed E-state index contributed by atoms with van der Waals surface area (Å²) >= 11 is 6.24. The maximum Gasteiger partial charge on any atom is 0.410 e. The van der Waals surface area contributed by atoms with Crippen LogP contribution < -0.4 is 0 Å². The van der Waals surface area contributed by atoms with Crippen molar-refractivity contribution in [1.82, 2.24) is 8.87 Å². The number of nitrogens with zero attached hydrogens (tertiary/aromatic N) is 2. The minimum Gasteiger partial charge on any atom is -0.444 e. The largest absolute Gasteiger partial charge is 0.444 e. The molecular formula is C23H25ClN2O4S. The molecule has 0 unspecified atom stereocenters. The monoisotopic (exact) mass is 460 g/mol. The molecule has 1 aromatic heterocycles. The van der Waals surface area contributed by atoms with Crippen LogP contribution in [0.1, 0.15) is 37.6 Å². The van der Waals surface area contributed by atoms with Crippen LogP contribution in [0.15, 0.2) is 47.4 Å². The zero-order chi connectivity index (χ0) is 22.6. The Bertz CT molecular complexity index is 1270. The summed E-state index contributed by atoms with van der Waals surface area (Å²) in [6, 6.07) is 12.0. The van der Waals surface area contributed by atoms with Crippen molar-refractivity contribution in [1.29, 1.82) is 0 Å². The first-order valence-electron chi connectivity index (χ1n) is 10.1. The molecule has 0 spiro atoms. The molecule has 2 heterocycles. The van der Waals surface area contributed by atoms with Gasteiger partial charge in [-0.1, -0.05) is 29.3 Å². The number of hydrogen-bond donors (Lipinski definition) is 0. The summed E-state index contributed by atoms with van der Waals surface area (Å²) in [7, 11) is -3.82. The predicted molar refractivity (Wildman–Crippen MR) is 121 cm³/mol. The Labute approximate surface area is 187 Å². The number of halogens is 1. The van der Waals surface area contributed by atoms with Gasteiger partial charge in [0, 0.05) is 34.6 Å². The van der Waals surface area contributed by atoms with Crippen LogP contribution in [-0.2, 0) is 27.7 Å². The number of aromatic nitrogens is 1. The number of amides is 1. The molecule has 0 fully saturated rings. The normalized spacial score (nSPS) is 14.5. The maximum atomic E-state index is 13.6. The fourth-order valence-corrected chi connectivity index (χ4v) is 5.64. The minimum atomic E-state index is -3.82. The molecule has 1 amide bonds. The van der Waals surface area contributed by atoms with E-state index < -0.39 is 21.7 Å². The third-order valence-electron chi connectivity index (χ3n) is 5.27. The van der Waals surface area contributed by atoms with Gasteiger partial charge < -0.3 is 9.64 Å². The van der Waals surface area contributed by atoms with Gasteiger partial charge in [0.1, 0.15) is 5.60 Å². The van der Waals surface area contributed by atoms with Gasteiger partial charge in [-0.3, -0.25) is 0 Å². The SMILES string of the molecule is Cc1ccc(S(=O)(=O)n2c3c(c4cc(Cl)ccc42)CN(C(=O)OC(C)(C)C)CC3)cc1. The summed E-state index contributed by atoms with van der Waals surface area (Å²) < 4.78 is 34.1. The average molecular weight is 461 g/mol. The van der Waals surface area contributed by atoms with Gasteiger partial charge in [-0.15, -0.1) is 0 Å². The molecule has 1 aliphatic rings. The second-order valence-corrected chi connectivity index (χ2v) is 11.0. The molecule has 1 aliphatic heterocycles. The molecular weight excluding hydrogens is 436 g/mol. The van der Waals surface area contributed by atoms with E-state index in [1.165, 1.54) is 3.97 Å². The van der Waals surface area contributed by atoms with Gasteiger partial charge in [-0.05, 0) is 58.0 Å². The smallest absolute Gasteiger partial charge is 0.410 e. The van der Waals surface area contributed by atoms with E-state index >= 15 is 0 Å². The molecule has 0 N–H and O–H groups in total. The summed E-state index contributed by atoms with van der Waals surface area (Å²) in [6.07, 6.45) is -0.0196. The Balaban J connectivity index is 1.85. The molecule has 6 nitrogen and oxygen atoms in total. The van der Waals surface area contributed by atoms with Crippen molar-refractivity contribution in [2.45, 2.75) is 51.2 Å². The van der Waals surface area contributed by atoms with Crippen LogP contribution in [0.5, 0.6) is 0 Å². The van der Waals surface area contributed by atoms with Gasteiger partial charge in [0.25, 0.3) is 10.0 Å². The molecule has 4 rings (SSSR count). The molecule has 8 heteroatoms. The Morgan fingerprint density at radius 2 is 1.77 bits per heavy atom. The van der Waals surface area contributed by atoms with Crippen molar-refractivity contribution < 1.29 is 17.9 Å². The summed E-state index contributed by atoms with van der Waals surface area (Å²) in [6.45, 7) is 8.00. The van der Waals surface area contributed by atoms with Gasteiger partial charge in [-0.25, -0.2) is 17.2 Å². The lowest BCUT2D eigenvalue weighted by molar-refractivity contribution is 0.0224. The third kappa shape index (κ3) is 4.04. The standard InChI is InChI=1S/C23H25ClN2O4S/c1-15-5-8-17(9-6-15)31(28,29)26-20-10-7-16(24)13-18(20)19-14-25(12-11-21(19)26)22(27)30-23(2,3)4/h5-10,13H,11-12,14H2,1-4H3. The van der Waals surface area contributed by atoms with E-state index in [1.54, 1.807) is 47.4 Å². The molecule has 31 heavy (non-hydrogen) atoms. The van der Waals surface area contributed by atoms with Gasteiger partial charge >= 0.3 is 6.09 Å². The first-order chi connectivity index (χ1) is 14.5. The number of ether oxygens (including phenoxy) is 1.